The smallest absolute Gasteiger partial charge is 0.387 e. The molecular weight excluding hydrogens is 430 g/mol. The Hall–Kier alpha value is -3.81. The minimum atomic E-state index is -2.93. The molecule has 1 atom stereocenters. The van der Waals surface area contributed by atoms with Gasteiger partial charge in [0.15, 0.2) is 0 Å². The van der Waals surface area contributed by atoms with Crippen LogP contribution in [-0.4, -0.2) is 32.8 Å². The normalized spacial score (nSPS) is 11.6. The molecule has 3 rings (SSSR count). The largest absolute Gasteiger partial charge is 0.497 e. The third kappa shape index (κ3) is 6.58. The number of halogens is 2. The third-order valence-corrected chi connectivity index (χ3v) is 4.95. The zero-order valence-corrected chi connectivity index (χ0v) is 18.6. The summed E-state index contributed by atoms with van der Waals surface area (Å²) in [5, 5.41) is 5.93. The molecule has 3 aromatic rings. The number of carbonyl (C=O) groups is 1. The van der Waals surface area contributed by atoms with Crippen molar-refractivity contribution in [2.45, 2.75) is 26.0 Å². The van der Waals surface area contributed by atoms with Crippen LogP contribution >= 0.6 is 0 Å². The highest BCUT2D eigenvalue weighted by Gasteiger charge is 2.17. The van der Waals surface area contributed by atoms with Gasteiger partial charge >= 0.3 is 6.61 Å². The van der Waals surface area contributed by atoms with Gasteiger partial charge in [-0.15, -0.1) is 0 Å². The lowest BCUT2D eigenvalue weighted by molar-refractivity contribution is -0.116. The number of methoxy groups -OCH3 is 2. The van der Waals surface area contributed by atoms with Crippen molar-refractivity contribution in [2.24, 2.45) is 0 Å². The zero-order valence-electron chi connectivity index (χ0n) is 18.6. The van der Waals surface area contributed by atoms with E-state index in [1.165, 1.54) is 20.3 Å². The van der Waals surface area contributed by atoms with Gasteiger partial charge < -0.3 is 24.8 Å². The Bertz CT molecular complexity index is 1080. The van der Waals surface area contributed by atoms with Crippen LogP contribution in [0.2, 0.25) is 0 Å². The molecular formula is C25H26F2N2O4. The van der Waals surface area contributed by atoms with Crippen LogP contribution in [-0.2, 0) is 11.2 Å². The van der Waals surface area contributed by atoms with E-state index < -0.39 is 12.7 Å². The van der Waals surface area contributed by atoms with E-state index in [-0.39, 0.29) is 11.7 Å². The fourth-order valence-electron chi connectivity index (χ4n) is 3.30. The van der Waals surface area contributed by atoms with Gasteiger partial charge in [-0.05, 0) is 42.8 Å². The maximum atomic E-state index is 12.9. The van der Waals surface area contributed by atoms with Crippen molar-refractivity contribution in [2.75, 3.05) is 24.9 Å². The van der Waals surface area contributed by atoms with E-state index in [0.717, 1.165) is 5.56 Å². The van der Waals surface area contributed by atoms with E-state index >= 15 is 0 Å². The minimum Gasteiger partial charge on any atom is -0.497 e. The lowest BCUT2D eigenvalue weighted by Crippen LogP contribution is -2.32. The highest BCUT2D eigenvalue weighted by Crippen LogP contribution is 2.30. The molecule has 0 spiro atoms. The van der Waals surface area contributed by atoms with Crippen LogP contribution in [0.25, 0.3) is 0 Å². The van der Waals surface area contributed by atoms with Crippen LogP contribution in [0.3, 0.4) is 0 Å². The summed E-state index contributed by atoms with van der Waals surface area (Å²) < 4.78 is 40.9. The maximum absolute atomic E-state index is 12.9. The molecule has 0 bridgehead atoms. The van der Waals surface area contributed by atoms with E-state index in [1.54, 1.807) is 37.3 Å². The summed E-state index contributed by atoms with van der Waals surface area (Å²) in [6.07, 6.45) is 0.403. The predicted molar refractivity (Wildman–Crippen MR) is 124 cm³/mol. The number of rotatable bonds is 10. The van der Waals surface area contributed by atoms with Gasteiger partial charge in [0, 0.05) is 23.7 Å². The molecule has 0 aromatic heterocycles. The van der Waals surface area contributed by atoms with Gasteiger partial charge in [0.1, 0.15) is 23.3 Å². The topological polar surface area (TPSA) is 68.8 Å². The van der Waals surface area contributed by atoms with Crippen LogP contribution in [0.15, 0.2) is 66.7 Å². The second-order valence-corrected chi connectivity index (χ2v) is 7.28. The Labute approximate surface area is 191 Å². The molecule has 0 aliphatic heterocycles. The first-order chi connectivity index (χ1) is 15.9. The second kappa shape index (κ2) is 11.2. The fourth-order valence-corrected chi connectivity index (χ4v) is 3.30. The molecule has 2 N–H and O–H groups in total. The molecule has 0 saturated carbocycles. The number of benzene rings is 3. The summed E-state index contributed by atoms with van der Waals surface area (Å²) >= 11 is 0. The van der Waals surface area contributed by atoms with Gasteiger partial charge in [-0.2, -0.15) is 8.78 Å². The first-order valence-electron chi connectivity index (χ1n) is 10.3. The molecule has 174 valence electrons. The van der Waals surface area contributed by atoms with Crippen molar-refractivity contribution in [3.05, 3.63) is 77.9 Å². The van der Waals surface area contributed by atoms with Crippen LogP contribution in [0.5, 0.6) is 17.2 Å². The Balaban J connectivity index is 1.76. The van der Waals surface area contributed by atoms with E-state index in [4.69, 9.17) is 9.47 Å². The Kier molecular flexibility index (Phi) is 8.07. The summed E-state index contributed by atoms with van der Waals surface area (Å²) in [5.74, 6) is 0.860. The molecule has 0 fully saturated rings. The maximum Gasteiger partial charge on any atom is 0.387 e. The summed E-state index contributed by atoms with van der Waals surface area (Å²) in [4.78, 5) is 12.8. The first-order valence-corrected chi connectivity index (χ1v) is 10.3. The van der Waals surface area contributed by atoms with Crippen LogP contribution < -0.4 is 24.8 Å². The van der Waals surface area contributed by atoms with Crippen molar-refractivity contribution >= 4 is 17.3 Å². The molecule has 1 unspecified atom stereocenters. The third-order valence-electron chi connectivity index (χ3n) is 4.95. The Morgan fingerprint density at radius 1 is 0.939 bits per heavy atom. The van der Waals surface area contributed by atoms with Crippen molar-refractivity contribution in [1.29, 1.82) is 0 Å². The van der Waals surface area contributed by atoms with E-state index in [0.29, 0.717) is 34.9 Å². The van der Waals surface area contributed by atoms with E-state index in [2.05, 4.69) is 15.4 Å². The van der Waals surface area contributed by atoms with Gasteiger partial charge in [0.2, 0.25) is 5.91 Å². The van der Waals surface area contributed by atoms with Gasteiger partial charge in [-0.3, -0.25) is 4.79 Å². The highest BCUT2D eigenvalue weighted by atomic mass is 19.3. The highest BCUT2D eigenvalue weighted by molar-refractivity contribution is 5.97. The number of carbonyl (C=O) groups excluding carboxylic acids is 1. The zero-order chi connectivity index (χ0) is 23.8. The lowest BCUT2D eigenvalue weighted by Gasteiger charge is -2.19. The van der Waals surface area contributed by atoms with E-state index in [1.807, 2.05) is 30.3 Å². The summed E-state index contributed by atoms with van der Waals surface area (Å²) in [6, 6.07) is 18.7. The predicted octanol–water partition coefficient (Wildman–Crippen LogP) is 5.34. The van der Waals surface area contributed by atoms with Crippen molar-refractivity contribution in [3.8, 4) is 17.2 Å². The lowest BCUT2D eigenvalue weighted by atomic mass is 10.0. The number of hydrogen-bond acceptors (Lipinski definition) is 5. The quantitative estimate of drug-likeness (QED) is 0.431. The van der Waals surface area contributed by atoms with Crippen LogP contribution in [0, 0.1) is 0 Å². The van der Waals surface area contributed by atoms with Crippen molar-refractivity contribution < 1.29 is 27.8 Å². The number of anilines is 2. The number of alkyl halides is 2. The minimum absolute atomic E-state index is 0.0950. The molecule has 3 aromatic carbocycles. The molecule has 1 amide bonds. The van der Waals surface area contributed by atoms with Gasteiger partial charge in [0.05, 0.1) is 19.9 Å². The number of nitrogens with one attached hydrogen (secondary N) is 2. The molecule has 8 heteroatoms. The van der Waals surface area contributed by atoms with Crippen molar-refractivity contribution in [1.82, 2.24) is 0 Å². The molecule has 6 nitrogen and oxygen atoms in total. The first kappa shape index (κ1) is 23.8. The second-order valence-electron chi connectivity index (χ2n) is 7.28. The molecule has 0 aliphatic carbocycles. The number of amides is 1. The summed E-state index contributed by atoms with van der Waals surface area (Å²) in [6.45, 7) is -1.23. The van der Waals surface area contributed by atoms with Crippen molar-refractivity contribution in [3.63, 3.8) is 0 Å². The molecule has 0 heterocycles. The summed E-state index contributed by atoms with van der Waals surface area (Å²) in [7, 11) is 3.04. The Morgan fingerprint density at radius 2 is 1.67 bits per heavy atom. The molecule has 0 aliphatic rings. The average molecular weight is 456 g/mol. The number of ether oxygens (including phenoxy) is 3. The molecule has 0 radical (unpaired) electrons. The average Bonchev–Trinajstić information content (AvgIpc) is 2.81. The monoisotopic (exact) mass is 456 g/mol. The fraction of sp³-hybridized carbons (Fsp3) is 0.240. The molecule has 0 saturated heterocycles. The van der Waals surface area contributed by atoms with Gasteiger partial charge in [-0.1, -0.05) is 30.3 Å². The summed E-state index contributed by atoms with van der Waals surface area (Å²) in [5.41, 5.74) is 2.60. The standard InChI is InChI=1S/C25H26F2N2O4/c1-16(24(30)29-21-15-20(31-2)10-12-23(21)32-3)28-19-9-11-22(33-25(26)27)18(14-19)13-17-7-5-4-6-8-17/h4-12,14-16,25,28H,13H2,1-3H3,(H,29,30). The SMILES string of the molecule is COc1ccc(OC)c(NC(=O)C(C)Nc2ccc(OC(F)F)c(Cc3ccccc3)c2)c1. The van der Waals surface area contributed by atoms with Gasteiger partial charge in [-0.25, -0.2) is 0 Å². The number of hydrogen-bond donors (Lipinski definition) is 2. The van der Waals surface area contributed by atoms with E-state index in [9.17, 15) is 13.6 Å². The van der Waals surface area contributed by atoms with Crippen LogP contribution in [0.1, 0.15) is 18.1 Å². The van der Waals surface area contributed by atoms with Gasteiger partial charge in [0.25, 0.3) is 0 Å². The van der Waals surface area contributed by atoms with Crippen LogP contribution in [0.4, 0.5) is 20.2 Å². The molecule has 33 heavy (non-hydrogen) atoms. The Morgan fingerprint density at radius 3 is 2.33 bits per heavy atom.